The normalized spacial score (nSPS) is 80.0. The summed E-state index contributed by atoms with van der Waals surface area (Å²) in [5.41, 5.74) is 0. The number of fused-ring (bicyclic) bond motifs is 5. The third kappa shape index (κ3) is 0.352. The minimum absolute atomic E-state index is 1.22. The highest BCUT2D eigenvalue weighted by molar-refractivity contribution is 5.20. The van der Waals surface area contributed by atoms with Crippen molar-refractivity contribution in [3.63, 3.8) is 0 Å². The third-order valence-corrected chi connectivity index (χ3v) is 6.48. The third-order valence-electron chi connectivity index (χ3n) is 6.48. The van der Waals surface area contributed by atoms with Crippen LogP contribution in [0, 0.1) is 47.3 Å². The van der Waals surface area contributed by atoms with Gasteiger partial charge < -0.3 is 0 Å². The van der Waals surface area contributed by atoms with Gasteiger partial charge in [0.2, 0.25) is 0 Å². The van der Waals surface area contributed by atoms with Crippen LogP contribution < -0.4 is 0 Å². The van der Waals surface area contributed by atoms with Crippen LogP contribution in [0.4, 0.5) is 0 Å². The Morgan fingerprint density at radius 1 is 0.500 bits per heavy atom. The van der Waals surface area contributed by atoms with Crippen molar-refractivity contribution in [2.45, 2.75) is 25.7 Å². The predicted octanol–water partition coefficient (Wildman–Crippen LogP) is 2.54. The van der Waals surface area contributed by atoms with Crippen LogP contribution in [-0.4, -0.2) is 0 Å². The van der Waals surface area contributed by atoms with Gasteiger partial charge in [-0.1, -0.05) is 0 Å². The summed E-state index contributed by atoms with van der Waals surface area (Å²) in [4.78, 5) is 0. The van der Waals surface area contributed by atoms with Gasteiger partial charge in [-0.2, -0.15) is 0 Å². The summed E-state index contributed by atoms with van der Waals surface area (Å²) >= 11 is 0. The van der Waals surface area contributed by atoms with Crippen molar-refractivity contribution in [1.29, 1.82) is 0 Å². The van der Waals surface area contributed by atoms with Gasteiger partial charge in [-0.3, -0.25) is 0 Å². The Morgan fingerprint density at radius 3 is 2.00 bits per heavy atom. The van der Waals surface area contributed by atoms with Crippen molar-refractivity contribution in [3.05, 3.63) is 0 Å². The summed E-state index contributed by atoms with van der Waals surface area (Å²) in [6.07, 6.45) is 6.67. The molecule has 0 spiro atoms. The highest BCUT2D eigenvalue weighted by atomic mass is 14.8. The zero-order valence-corrected chi connectivity index (χ0v) is 7.45. The average molecular weight is 160 g/mol. The van der Waals surface area contributed by atoms with Crippen molar-refractivity contribution in [3.8, 4) is 0 Å². The van der Waals surface area contributed by atoms with E-state index in [0.717, 1.165) is 0 Å². The molecule has 0 nitrogen and oxygen atoms in total. The average Bonchev–Trinajstić information content (AvgIpc) is 2.58. The van der Waals surface area contributed by atoms with E-state index in [0.29, 0.717) is 0 Å². The largest absolute Gasteiger partial charge is 0.0468 e. The second kappa shape index (κ2) is 1.40. The second-order valence-corrected chi connectivity index (χ2v) is 6.27. The van der Waals surface area contributed by atoms with E-state index in [4.69, 9.17) is 0 Å². The zero-order chi connectivity index (χ0) is 7.45. The first-order valence-electron chi connectivity index (χ1n) is 5.93. The van der Waals surface area contributed by atoms with E-state index in [2.05, 4.69) is 0 Å². The van der Waals surface area contributed by atoms with Gasteiger partial charge in [0.25, 0.3) is 0 Å². The van der Waals surface area contributed by atoms with Crippen molar-refractivity contribution in [2.75, 3.05) is 0 Å². The van der Waals surface area contributed by atoms with Gasteiger partial charge in [0, 0.05) is 0 Å². The molecule has 8 atom stereocenters. The van der Waals surface area contributed by atoms with Crippen LogP contribution in [0.25, 0.3) is 0 Å². The first-order chi connectivity index (χ1) is 5.93. The van der Waals surface area contributed by atoms with Gasteiger partial charge in [-0.25, -0.2) is 0 Å². The Hall–Kier alpha value is 0. The fourth-order valence-electron chi connectivity index (χ4n) is 6.52. The SMILES string of the molecule is C1C2CC3C1C1CC4C(C1)C3C24. The molecule has 0 heteroatoms. The summed E-state index contributed by atoms with van der Waals surface area (Å²) in [5.74, 6) is 9.99. The summed E-state index contributed by atoms with van der Waals surface area (Å²) < 4.78 is 0. The first-order valence-corrected chi connectivity index (χ1v) is 5.93. The summed E-state index contributed by atoms with van der Waals surface area (Å²) in [7, 11) is 0. The fraction of sp³-hybridized carbons (Fsp3) is 1.00. The minimum atomic E-state index is 1.22. The Balaban J connectivity index is 1.81. The van der Waals surface area contributed by atoms with Gasteiger partial charge in [-0.05, 0) is 73.0 Å². The van der Waals surface area contributed by atoms with Gasteiger partial charge >= 0.3 is 0 Å². The highest BCUT2D eigenvalue weighted by Gasteiger charge is 2.72. The molecule has 64 valence electrons. The molecule has 0 radical (unpaired) electrons. The Labute approximate surface area is 73.7 Å². The lowest BCUT2D eigenvalue weighted by Crippen LogP contribution is -2.49. The van der Waals surface area contributed by atoms with E-state index in [1.54, 1.807) is 25.7 Å². The lowest BCUT2D eigenvalue weighted by atomic mass is 9.50. The Kier molecular flexibility index (Phi) is 0.663. The molecule has 0 aliphatic heterocycles. The van der Waals surface area contributed by atoms with Crippen LogP contribution in [0.5, 0.6) is 0 Å². The first kappa shape index (κ1) is 5.67. The molecule has 0 aromatic heterocycles. The maximum Gasteiger partial charge on any atom is -0.0318 e. The van der Waals surface area contributed by atoms with E-state index in [-0.39, 0.29) is 0 Å². The maximum atomic E-state index is 1.67. The Morgan fingerprint density at radius 2 is 1.08 bits per heavy atom. The molecule has 0 amide bonds. The number of hydrogen-bond donors (Lipinski definition) is 0. The molecule has 0 aromatic carbocycles. The van der Waals surface area contributed by atoms with Crippen molar-refractivity contribution in [2.24, 2.45) is 47.3 Å². The molecule has 0 aromatic rings. The van der Waals surface area contributed by atoms with E-state index in [9.17, 15) is 0 Å². The van der Waals surface area contributed by atoms with Crippen LogP contribution in [0.3, 0.4) is 0 Å². The van der Waals surface area contributed by atoms with E-state index in [1.807, 2.05) is 0 Å². The highest BCUT2D eigenvalue weighted by Crippen LogP contribution is 2.78. The van der Waals surface area contributed by atoms with Crippen molar-refractivity contribution in [1.82, 2.24) is 0 Å². The monoisotopic (exact) mass is 160 g/mol. The van der Waals surface area contributed by atoms with Crippen LogP contribution >= 0.6 is 0 Å². The molecule has 5 aliphatic carbocycles. The van der Waals surface area contributed by atoms with Crippen LogP contribution in [0.15, 0.2) is 0 Å². The lowest BCUT2D eigenvalue weighted by Gasteiger charge is -2.54. The second-order valence-electron chi connectivity index (χ2n) is 6.27. The van der Waals surface area contributed by atoms with Gasteiger partial charge in [0.1, 0.15) is 0 Å². The molecule has 0 heterocycles. The summed E-state index contributed by atoms with van der Waals surface area (Å²) in [6.45, 7) is 0. The fourth-order valence-corrected chi connectivity index (χ4v) is 6.52. The molecule has 5 saturated carbocycles. The van der Waals surface area contributed by atoms with Gasteiger partial charge in [0.05, 0.1) is 0 Å². The maximum absolute atomic E-state index is 1.67. The van der Waals surface area contributed by atoms with E-state index in [1.165, 1.54) is 47.3 Å². The molecule has 8 unspecified atom stereocenters. The summed E-state index contributed by atoms with van der Waals surface area (Å²) in [6, 6.07) is 0. The number of rotatable bonds is 0. The van der Waals surface area contributed by atoms with Crippen molar-refractivity contribution >= 4 is 0 Å². The molecule has 12 heavy (non-hydrogen) atoms. The molecule has 5 rings (SSSR count). The summed E-state index contributed by atoms with van der Waals surface area (Å²) in [5, 5.41) is 0. The molecule has 0 saturated heterocycles. The van der Waals surface area contributed by atoms with Crippen molar-refractivity contribution < 1.29 is 0 Å². The van der Waals surface area contributed by atoms with E-state index >= 15 is 0 Å². The molecular weight excluding hydrogens is 144 g/mol. The minimum Gasteiger partial charge on any atom is -0.0468 e. The molecule has 4 bridgehead atoms. The predicted molar refractivity (Wildman–Crippen MR) is 46.4 cm³/mol. The van der Waals surface area contributed by atoms with E-state index < -0.39 is 0 Å². The molecular formula is C12H16. The van der Waals surface area contributed by atoms with Crippen LogP contribution in [0.1, 0.15) is 25.7 Å². The quantitative estimate of drug-likeness (QED) is 0.511. The topological polar surface area (TPSA) is 0 Å². The van der Waals surface area contributed by atoms with Crippen LogP contribution in [0.2, 0.25) is 0 Å². The lowest BCUT2D eigenvalue weighted by molar-refractivity contribution is -0.0683. The smallest absolute Gasteiger partial charge is 0.0318 e. The van der Waals surface area contributed by atoms with Crippen LogP contribution in [-0.2, 0) is 0 Å². The van der Waals surface area contributed by atoms with Gasteiger partial charge in [-0.15, -0.1) is 0 Å². The van der Waals surface area contributed by atoms with Gasteiger partial charge in [0.15, 0.2) is 0 Å². The molecule has 0 N–H and O–H groups in total. The zero-order valence-electron chi connectivity index (χ0n) is 7.45. The standard InChI is InChI=1S/C12H16/c1-5-2-10-9(1)11-6-3-7(5)8(4-6)12(10)11/h5-12H,1-4H2. The molecule has 5 aliphatic rings. The number of hydrogen-bond acceptors (Lipinski definition) is 0. The molecule has 5 fully saturated rings. The Bertz CT molecular complexity index is 254.